The zero-order valence-electron chi connectivity index (χ0n) is 19.3. The SMILES string of the molecule is CC1C(C)C(C)C(C)C1C.Cc1c(C)c(C)c2c(c1C)c(C)c(C)n2C. The number of aryl methyl sites for hydroxylation is 4. The Kier molecular flexibility index (Phi) is 6.00. The Hall–Kier alpha value is -1.24. The number of hydrogen-bond donors (Lipinski definition) is 0. The summed E-state index contributed by atoms with van der Waals surface area (Å²) in [7, 11) is 2.17. The highest BCUT2D eigenvalue weighted by Crippen LogP contribution is 2.44. The first kappa shape index (κ1) is 21.1. The average molecular weight is 356 g/mol. The molecule has 0 aliphatic heterocycles. The fourth-order valence-corrected chi connectivity index (χ4v) is 5.17. The molecular weight excluding hydrogens is 314 g/mol. The molecular formula is C25H41N. The van der Waals surface area contributed by atoms with Crippen LogP contribution in [0.1, 0.15) is 68.1 Å². The van der Waals surface area contributed by atoms with E-state index in [1.54, 1.807) is 0 Å². The van der Waals surface area contributed by atoms with Gasteiger partial charge in [-0.1, -0.05) is 34.6 Å². The Balaban J connectivity index is 0.000000209. The number of nitrogens with zero attached hydrogens (tertiary/aromatic N) is 1. The minimum absolute atomic E-state index is 0.935. The van der Waals surface area contributed by atoms with E-state index in [1.807, 2.05) is 0 Å². The Morgan fingerprint density at radius 1 is 0.500 bits per heavy atom. The maximum atomic E-state index is 2.40. The van der Waals surface area contributed by atoms with E-state index >= 15 is 0 Å². The summed E-state index contributed by atoms with van der Waals surface area (Å²) in [6.07, 6.45) is 0. The van der Waals surface area contributed by atoms with Gasteiger partial charge in [-0.15, -0.1) is 0 Å². The van der Waals surface area contributed by atoms with Crippen LogP contribution in [0.5, 0.6) is 0 Å². The number of aromatic nitrogens is 1. The molecule has 0 saturated heterocycles. The van der Waals surface area contributed by atoms with Crippen LogP contribution in [0.3, 0.4) is 0 Å². The van der Waals surface area contributed by atoms with Gasteiger partial charge < -0.3 is 4.57 Å². The van der Waals surface area contributed by atoms with Crippen molar-refractivity contribution in [1.82, 2.24) is 4.57 Å². The van der Waals surface area contributed by atoms with Crippen molar-refractivity contribution >= 4 is 10.9 Å². The van der Waals surface area contributed by atoms with Gasteiger partial charge in [0.1, 0.15) is 0 Å². The van der Waals surface area contributed by atoms with E-state index in [2.05, 4.69) is 87.8 Å². The molecule has 1 aromatic carbocycles. The Morgan fingerprint density at radius 3 is 1.23 bits per heavy atom. The smallest absolute Gasteiger partial charge is 0.0517 e. The van der Waals surface area contributed by atoms with Crippen LogP contribution < -0.4 is 0 Å². The van der Waals surface area contributed by atoms with Crippen molar-refractivity contribution in [2.45, 2.75) is 76.2 Å². The molecule has 0 atom stereocenters. The standard InChI is InChI=1S/C15H21N.C10H20/c1-8-9(2)11(4)15-14(10(8)3)12(5)13(6)16(15)7;1-6-7(2)9(4)10(5)8(6)3/h1-7H3;6-10H,1-5H3. The van der Waals surface area contributed by atoms with Gasteiger partial charge in [0.2, 0.25) is 0 Å². The molecule has 1 fully saturated rings. The van der Waals surface area contributed by atoms with Gasteiger partial charge in [0.15, 0.2) is 0 Å². The lowest BCUT2D eigenvalue weighted by Gasteiger charge is -2.14. The van der Waals surface area contributed by atoms with Crippen molar-refractivity contribution in [3.63, 3.8) is 0 Å². The molecule has 1 aliphatic carbocycles. The lowest BCUT2D eigenvalue weighted by Crippen LogP contribution is -2.07. The molecule has 26 heavy (non-hydrogen) atoms. The molecule has 146 valence electrons. The van der Waals surface area contributed by atoms with Crippen molar-refractivity contribution in [3.05, 3.63) is 33.5 Å². The fourth-order valence-electron chi connectivity index (χ4n) is 5.17. The number of rotatable bonds is 0. The van der Waals surface area contributed by atoms with Crippen LogP contribution >= 0.6 is 0 Å². The minimum atomic E-state index is 0.935. The Morgan fingerprint density at radius 2 is 0.846 bits per heavy atom. The molecule has 3 rings (SSSR count). The largest absolute Gasteiger partial charge is 0.347 e. The second-order valence-corrected chi connectivity index (χ2v) is 9.29. The van der Waals surface area contributed by atoms with Crippen LogP contribution in [0.2, 0.25) is 0 Å². The summed E-state index contributed by atoms with van der Waals surface area (Å²) in [6.45, 7) is 25.4. The molecule has 1 aliphatic rings. The fraction of sp³-hybridized carbons (Fsp3) is 0.680. The van der Waals surface area contributed by atoms with E-state index in [4.69, 9.17) is 0 Å². The van der Waals surface area contributed by atoms with E-state index in [0.717, 1.165) is 29.6 Å². The monoisotopic (exact) mass is 355 g/mol. The highest BCUT2D eigenvalue weighted by molar-refractivity contribution is 5.92. The summed E-state index contributed by atoms with van der Waals surface area (Å²) >= 11 is 0. The zero-order valence-corrected chi connectivity index (χ0v) is 19.3. The molecule has 0 amide bonds. The maximum Gasteiger partial charge on any atom is 0.0517 e. The van der Waals surface area contributed by atoms with E-state index in [0.29, 0.717) is 0 Å². The third-order valence-corrected chi connectivity index (χ3v) is 8.56. The van der Waals surface area contributed by atoms with Crippen molar-refractivity contribution in [2.24, 2.45) is 36.6 Å². The van der Waals surface area contributed by atoms with E-state index in [-0.39, 0.29) is 0 Å². The van der Waals surface area contributed by atoms with Gasteiger partial charge in [-0.25, -0.2) is 0 Å². The van der Waals surface area contributed by atoms with Gasteiger partial charge in [0, 0.05) is 18.1 Å². The molecule has 0 bridgehead atoms. The van der Waals surface area contributed by atoms with Gasteiger partial charge in [-0.05, 0) is 98.9 Å². The predicted molar refractivity (Wildman–Crippen MR) is 117 cm³/mol. The predicted octanol–water partition coefficient (Wildman–Crippen LogP) is 7.21. The van der Waals surface area contributed by atoms with Crippen LogP contribution in [0.25, 0.3) is 10.9 Å². The molecule has 1 saturated carbocycles. The second-order valence-electron chi connectivity index (χ2n) is 9.29. The summed E-state index contributed by atoms with van der Waals surface area (Å²) in [5.74, 6) is 4.68. The molecule has 2 aromatic rings. The Labute approximate surface area is 162 Å². The summed E-state index contributed by atoms with van der Waals surface area (Å²) < 4.78 is 2.33. The summed E-state index contributed by atoms with van der Waals surface area (Å²) in [4.78, 5) is 0. The lowest BCUT2D eigenvalue weighted by atomic mass is 9.92. The van der Waals surface area contributed by atoms with Gasteiger partial charge in [-0.2, -0.15) is 0 Å². The summed E-state index contributed by atoms with van der Waals surface area (Å²) in [6, 6.07) is 0. The van der Waals surface area contributed by atoms with Crippen LogP contribution in [0.15, 0.2) is 0 Å². The quantitative estimate of drug-likeness (QED) is 0.470. The molecule has 0 spiro atoms. The molecule has 1 nitrogen and oxygen atoms in total. The normalized spacial score (nSPS) is 28.4. The Bertz CT molecular complexity index is 712. The average Bonchev–Trinajstić information content (AvgIpc) is 2.94. The molecule has 1 heteroatoms. The first-order valence-electron chi connectivity index (χ1n) is 10.4. The van der Waals surface area contributed by atoms with Gasteiger partial charge in [-0.3, -0.25) is 0 Å². The van der Waals surface area contributed by atoms with E-state index < -0.39 is 0 Å². The van der Waals surface area contributed by atoms with Crippen LogP contribution in [-0.2, 0) is 7.05 Å². The van der Waals surface area contributed by atoms with Crippen LogP contribution in [0.4, 0.5) is 0 Å². The van der Waals surface area contributed by atoms with Gasteiger partial charge in [0.25, 0.3) is 0 Å². The molecule has 0 radical (unpaired) electrons. The molecule has 1 aromatic heterocycles. The second kappa shape index (κ2) is 7.41. The highest BCUT2D eigenvalue weighted by Gasteiger charge is 2.38. The first-order chi connectivity index (χ1) is 11.9. The third kappa shape index (κ3) is 3.12. The number of hydrogen-bond acceptors (Lipinski definition) is 0. The van der Waals surface area contributed by atoms with E-state index in [1.165, 1.54) is 44.4 Å². The summed E-state index contributed by atoms with van der Waals surface area (Å²) in [5, 5.41) is 1.46. The van der Waals surface area contributed by atoms with Crippen LogP contribution in [0, 0.1) is 71.1 Å². The summed E-state index contributed by atoms with van der Waals surface area (Å²) in [5.41, 5.74) is 9.98. The maximum absolute atomic E-state index is 2.40. The zero-order chi connectivity index (χ0) is 20.1. The van der Waals surface area contributed by atoms with Gasteiger partial charge in [0.05, 0.1) is 5.52 Å². The first-order valence-corrected chi connectivity index (χ1v) is 10.4. The molecule has 0 N–H and O–H groups in total. The third-order valence-electron chi connectivity index (χ3n) is 8.56. The molecule has 1 heterocycles. The number of fused-ring (bicyclic) bond motifs is 1. The highest BCUT2D eigenvalue weighted by atomic mass is 14.9. The van der Waals surface area contributed by atoms with Gasteiger partial charge >= 0.3 is 0 Å². The van der Waals surface area contributed by atoms with Crippen molar-refractivity contribution in [2.75, 3.05) is 0 Å². The number of benzene rings is 1. The van der Waals surface area contributed by atoms with Crippen molar-refractivity contribution in [3.8, 4) is 0 Å². The van der Waals surface area contributed by atoms with Crippen molar-refractivity contribution < 1.29 is 0 Å². The topological polar surface area (TPSA) is 4.93 Å². The van der Waals surface area contributed by atoms with Crippen molar-refractivity contribution in [1.29, 1.82) is 0 Å². The van der Waals surface area contributed by atoms with Crippen LogP contribution in [-0.4, -0.2) is 4.57 Å². The van der Waals surface area contributed by atoms with E-state index in [9.17, 15) is 0 Å². The lowest BCUT2D eigenvalue weighted by molar-refractivity contribution is 0.352. The molecule has 0 unspecified atom stereocenters. The minimum Gasteiger partial charge on any atom is -0.347 e.